The molecule has 0 saturated heterocycles. The zero-order chi connectivity index (χ0) is 12.8. The monoisotopic (exact) mass is 255 g/mol. The summed E-state index contributed by atoms with van der Waals surface area (Å²) in [5.41, 5.74) is 2.10. The van der Waals surface area contributed by atoms with E-state index < -0.39 is 0 Å². The van der Waals surface area contributed by atoms with Crippen molar-refractivity contribution >= 4 is 5.65 Å². The molecule has 0 amide bonds. The third-order valence-corrected chi connectivity index (χ3v) is 3.01. The Balaban J connectivity index is 1.89. The molecule has 6 heteroatoms. The van der Waals surface area contributed by atoms with Crippen LogP contribution >= 0.6 is 0 Å². The minimum atomic E-state index is 0.0441. The van der Waals surface area contributed by atoms with E-state index in [0.717, 1.165) is 11.3 Å². The molecular weight excluding hydrogens is 246 g/mol. The van der Waals surface area contributed by atoms with Crippen molar-refractivity contribution in [2.75, 3.05) is 6.79 Å². The lowest BCUT2D eigenvalue weighted by molar-refractivity contribution is 0.174. The average molecular weight is 255 g/mol. The van der Waals surface area contributed by atoms with E-state index >= 15 is 0 Å². The lowest BCUT2D eigenvalue weighted by atomic mass is 10.1. The summed E-state index contributed by atoms with van der Waals surface area (Å²) >= 11 is 0. The Bertz CT molecular complexity index is 782. The molecule has 1 N–H and O–H groups in total. The van der Waals surface area contributed by atoms with E-state index in [1.807, 2.05) is 18.2 Å². The van der Waals surface area contributed by atoms with Crippen molar-refractivity contribution in [3.63, 3.8) is 0 Å². The first-order valence-corrected chi connectivity index (χ1v) is 5.75. The predicted molar refractivity (Wildman–Crippen MR) is 66.2 cm³/mol. The lowest BCUT2D eigenvalue weighted by Crippen LogP contribution is -1.93. The van der Waals surface area contributed by atoms with Crippen LogP contribution < -0.4 is 9.47 Å². The van der Waals surface area contributed by atoms with Crippen LogP contribution in [-0.2, 0) is 0 Å². The molecule has 3 aromatic rings. The number of aromatic nitrogens is 3. The number of hydrogen-bond donors (Lipinski definition) is 1. The molecule has 3 heterocycles. The Morgan fingerprint density at radius 2 is 2.00 bits per heavy atom. The van der Waals surface area contributed by atoms with Crippen molar-refractivity contribution in [2.45, 2.75) is 0 Å². The van der Waals surface area contributed by atoms with Gasteiger partial charge in [0.2, 0.25) is 12.7 Å². The van der Waals surface area contributed by atoms with Crippen LogP contribution in [0.5, 0.6) is 17.4 Å². The second kappa shape index (κ2) is 3.61. The van der Waals surface area contributed by atoms with Crippen molar-refractivity contribution in [3.05, 3.63) is 36.5 Å². The SMILES string of the molecule is Oc1cc(-c2ccc3c(c2)OCO3)nc2ccnn12. The molecule has 0 atom stereocenters. The van der Waals surface area contributed by atoms with Crippen molar-refractivity contribution in [2.24, 2.45) is 0 Å². The van der Waals surface area contributed by atoms with E-state index in [-0.39, 0.29) is 12.7 Å². The standard InChI is InChI=1S/C13H9N3O3/c17-13-6-9(15-12-3-4-14-16(12)13)8-1-2-10-11(5-8)19-7-18-10/h1-6,17H,7H2. The molecule has 1 aliphatic heterocycles. The molecule has 94 valence electrons. The molecule has 4 rings (SSSR count). The largest absolute Gasteiger partial charge is 0.493 e. The summed E-state index contributed by atoms with van der Waals surface area (Å²) < 4.78 is 12.0. The van der Waals surface area contributed by atoms with Gasteiger partial charge in [0, 0.05) is 17.7 Å². The fourth-order valence-electron chi connectivity index (χ4n) is 2.10. The number of hydrogen-bond acceptors (Lipinski definition) is 5. The Labute approximate surface area is 107 Å². The van der Waals surface area contributed by atoms with Gasteiger partial charge in [-0.05, 0) is 18.2 Å². The first kappa shape index (κ1) is 10.2. The third kappa shape index (κ3) is 1.50. The zero-order valence-electron chi connectivity index (χ0n) is 9.78. The molecule has 0 bridgehead atoms. The fourth-order valence-corrected chi connectivity index (χ4v) is 2.10. The van der Waals surface area contributed by atoms with E-state index in [4.69, 9.17) is 9.47 Å². The maximum Gasteiger partial charge on any atom is 0.231 e. The van der Waals surface area contributed by atoms with Crippen molar-refractivity contribution in [1.29, 1.82) is 0 Å². The van der Waals surface area contributed by atoms with Crippen LogP contribution in [0.15, 0.2) is 36.5 Å². The van der Waals surface area contributed by atoms with E-state index in [1.54, 1.807) is 18.3 Å². The first-order chi connectivity index (χ1) is 9.31. The van der Waals surface area contributed by atoms with Gasteiger partial charge in [-0.25, -0.2) is 4.98 Å². The summed E-state index contributed by atoms with van der Waals surface area (Å²) in [6.45, 7) is 0.235. The molecule has 0 fully saturated rings. The summed E-state index contributed by atoms with van der Waals surface area (Å²) in [5.74, 6) is 1.45. The van der Waals surface area contributed by atoms with Gasteiger partial charge < -0.3 is 14.6 Å². The molecule has 0 unspecified atom stereocenters. The van der Waals surface area contributed by atoms with Crippen LogP contribution in [0.4, 0.5) is 0 Å². The second-order valence-corrected chi connectivity index (χ2v) is 4.17. The summed E-state index contributed by atoms with van der Waals surface area (Å²) in [7, 11) is 0. The Hall–Kier alpha value is -2.76. The maximum absolute atomic E-state index is 9.90. The quantitative estimate of drug-likeness (QED) is 0.718. The predicted octanol–water partition coefficient (Wildman–Crippen LogP) is 1.83. The molecular formula is C13H9N3O3. The molecule has 2 aromatic heterocycles. The number of aromatic hydroxyl groups is 1. The fraction of sp³-hybridized carbons (Fsp3) is 0.0769. The summed E-state index contributed by atoms with van der Waals surface area (Å²) in [5, 5.41) is 13.9. The third-order valence-electron chi connectivity index (χ3n) is 3.01. The Morgan fingerprint density at radius 1 is 1.11 bits per heavy atom. The van der Waals surface area contributed by atoms with Gasteiger partial charge in [0.15, 0.2) is 17.1 Å². The van der Waals surface area contributed by atoms with E-state index in [9.17, 15) is 5.11 Å². The molecule has 0 spiro atoms. The molecule has 1 aliphatic rings. The highest BCUT2D eigenvalue weighted by Gasteiger charge is 2.15. The van der Waals surface area contributed by atoms with Gasteiger partial charge in [-0.3, -0.25) is 0 Å². The Kier molecular flexibility index (Phi) is 1.94. The maximum atomic E-state index is 9.90. The van der Waals surface area contributed by atoms with E-state index in [1.165, 1.54) is 4.52 Å². The summed E-state index contributed by atoms with van der Waals surface area (Å²) in [4.78, 5) is 4.44. The topological polar surface area (TPSA) is 68.9 Å². The lowest BCUT2D eigenvalue weighted by Gasteiger charge is -2.04. The normalized spacial score (nSPS) is 13.1. The Morgan fingerprint density at radius 3 is 2.95 bits per heavy atom. The van der Waals surface area contributed by atoms with Gasteiger partial charge in [0.1, 0.15) is 0 Å². The van der Waals surface area contributed by atoms with Crippen LogP contribution in [0.25, 0.3) is 16.9 Å². The summed E-state index contributed by atoms with van der Waals surface area (Å²) in [6.07, 6.45) is 1.59. The second-order valence-electron chi connectivity index (χ2n) is 4.17. The number of rotatable bonds is 1. The van der Waals surface area contributed by atoms with Gasteiger partial charge in [-0.15, -0.1) is 0 Å². The van der Waals surface area contributed by atoms with Crippen LogP contribution in [-0.4, -0.2) is 26.5 Å². The highest BCUT2D eigenvalue weighted by atomic mass is 16.7. The number of ether oxygens (including phenoxy) is 2. The van der Waals surface area contributed by atoms with Gasteiger partial charge in [-0.2, -0.15) is 9.61 Å². The van der Waals surface area contributed by atoms with Crippen molar-refractivity contribution < 1.29 is 14.6 Å². The first-order valence-electron chi connectivity index (χ1n) is 5.75. The number of fused-ring (bicyclic) bond motifs is 2. The molecule has 1 aromatic carbocycles. The zero-order valence-corrected chi connectivity index (χ0v) is 9.78. The van der Waals surface area contributed by atoms with Crippen LogP contribution in [0.2, 0.25) is 0 Å². The van der Waals surface area contributed by atoms with Crippen molar-refractivity contribution in [1.82, 2.24) is 14.6 Å². The van der Waals surface area contributed by atoms with Gasteiger partial charge in [0.05, 0.1) is 11.9 Å². The van der Waals surface area contributed by atoms with Gasteiger partial charge in [0.25, 0.3) is 0 Å². The summed E-state index contributed by atoms with van der Waals surface area (Å²) in [6, 6.07) is 8.85. The van der Waals surface area contributed by atoms with E-state index in [0.29, 0.717) is 17.1 Å². The molecule has 0 aliphatic carbocycles. The molecule has 19 heavy (non-hydrogen) atoms. The minimum absolute atomic E-state index is 0.0441. The number of nitrogens with zero attached hydrogens (tertiary/aromatic N) is 3. The molecule has 6 nitrogen and oxygen atoms in total. The van der Waals surface area contributed by atoms with Gasteiger partial charge in [-0.1, -0.05) is 0 Å². The van der Waals surface area contributed by atoms with Crippen LogP contribution in [0.3, 0.4) is 0 Å². The van der Waals surface area contributed by atoms with Gasteiger partial charge >= 0.3 is 0 Å². The van der Waals surface area contributed by atoms with Crippen LogP contribution in [0.1, 0.15) is 0 Å². The minimum Gasteiger partial charge on any atom is -0.493 e. The molecule has 0 radical (unpaired) electrons. The van der Waals surface area contributed by atoms with Crippen molar-refractivity contribution in [3.8, 4) is 28.6 Å². The highest BCUT2D eigenvalue weighted by Crippen LogP contribution is 2.36. The highest BCUT2D eigenvalue weighted by molar-refractivity contribution is 5.67. The molecule has 0 saturated carbocycles. The number of benzene rings is 1. The average Bonchev–Trinajstić information content (AvgIpc) is 3.06. The van der Waals surface area contributed by atoms with E-state index in [2.05, 4.69) is 10.1 Å². The van der Waals surface area contributed by atoms with Crippen LogP contribution in [0, 0.1) is 0 Å². The smallest absolute Gasteiger partial charge is 0.231 e.